The highest BCUT2D eigenvalue weighted by Crippen LogP contribution is 2.24. The van der Waals surface area contributed by atoms with E-state index in [1.165, 1.54) is 6.92 Å². The van der Waals surface area contributed by atoms with E-state index in [2.05, 4.69) is 12.2 Å². The topological polar surface area (TPSA) is 42.2 Å². The first-order valence-electron chi connectivity index (χ1n) is 5.66. The van der Waals surface area contributed by atoms with Gasteiger partial charge in [0.2, 0.25) is 5.91 Å². The van der Waals surface area contributed by atoms with Crippen LogP contribution in [0.15, 0.2) is 40.8 Å². The van der Waals surface area contributed by atoms with Crippen molar-refractivity contribution in [3.8, 4) is 11.3 Å². The molecule has 0 fully saturated rings. The molecule has 0 unspecified atom stereocenters. The van der Waals surface area contributed by atoms with Crippen LogP contribution in [0.1, 0.15) is 19.6 Å². The second kappa shape index (κ2) is 4.87. The Kier molecular flexibility index (Phi) is 3.28. The first-order chi connectivity index (χ1) is 8.19. The van der Waals surface area contributed by atoms with E-state index in [0.717, 1.165) is 29.2 Å². The lowest BCUT2D eigenvalue weighted by Crippen LogP contribution is -2.05. The van der Waals surface area contributed by atoms with E-state index in [1.54, 1.807) is 0 Å². The molecule has 0 saturated heterocycles. The number of hydrogen-bond donors (Lipinski definition) is 1. The molecule has 0 radical (unpaired) electrons. The molecule has 3 nitrogen and oxygen atoms in total. The number of anilines is 1. The molecule has 0 spiro atoms. The molecule has 1 N–H and O–H groups in total. The molecule has 1 amide bonds. The van der Waals surface area contributed by atoms with Gasteiger partial charge in [0.15, 0.2) is 0 Å². The fraction of sp³-hybridized carbons (Fsp3) is 0.214. The third-order valence-electron chi connectivity index (χ3n) is 2.48. The maximum absolute atomic E-state index is 11.0. The number of nitrogens with one attached hydrogen (secondary N) is 1. The summed E-state index contributed by atoms with van der Waals surface area (Å²) >= 11 is 0. The molecule has 0 bridgehead atoms. The third kappa shape index (κ3) is 2.75. The predicted molar refractivity (Wildman–Crippen MR) is 67.8 cm³/mol. The van der Waals surface area contributed by atoms with Crippen LogP contribution in [0.4, 0.5) is 5.69 Å². The monoisotopic (exact) mass is 229 g/mol. The molecule has 0 aliphatic carbocycles. The van der Waals surface area contributed by atoms with E-state index in [9.17, 15) is 4.79 Å². The highest BCUT2D eigenvalue weighted by atomic mass is 16.3. The van der Waals surface area contributed by atoms with E-state index in [4.69, 9.17) is 4.42 Å². The molecule has 88 valence electrons. The van der Waals surface area contributed by atoms with Crippen LogP contribution in [-0.2, 0) is 11.2 Å². The van der Waals surface area contributed by atoms with Gasteiger partial charge in [-0.2, -0.15) is 0 Å². The smallest absolute Gasteiger partial charge is 0.221 e. The van der Waals surface area contributed by atoms with E-state index < -0.39 is 0 Å². The van der Waals surface area contributed by atoms with E-state index in [1.807, 2.05) is 36.4 Å². The Morgan fingerprint density at radius 1 is 1.29 bits per heavy atom. The number of benzene rings is 1. The molecule has 1 aromatic carbocycles. The van der Waals surface area contributed by atoms with Gasteiger partial charge in [0.1, 0.15) is 11.5 Å². The van der Waals surface area contributed by atoms with Gasteiger partial charge >= 0.3 is 0 Å². The fourth-order valence-corrected chi connectivity index (χ4v) is 1.68. The second-order valence-electron chi connectivity index (χ2n) is 3.88. The Balaban J connectivity index is 2.29. The van der Waals surface area contributed by atoms with Crippen LogP contribution in [-0.4, -0.2) is 5.91 Å². The molecule has 0 aliphatic heterocycles. The van der Waals surface area contributed by atoms with Crippen molar-refractivity contribution in [2.24, 2.45) is 0 Å². The Morgan fingerprint density at radius 2 is 2.12 bits per heavy atom. The van der Waals surface area contributed by atoms with Crippen molar-refractivity contribution in [1.29, 1.82) is 0 Å². The summed E-state index contributed by atoms with van der Waals surface area (Å²) < 4.78 is 5.67. The fourth-order valence-electron chi connectivity index (χ4n) is 1.68. The van der Waals surface area contributed by atoms with Gasteiger partial charge in [-0.25, -0.2) is 0 Å². The van der Waals surface area contributed by atoms with E-state index in [0.29, 0.717) is 0 Å². The van der Waals surface area contributed by atoms with Gasteiger partial charge in [-0.05, 0) is 24.3 Å². The van der Waals surface area contributed by atoms with Crippen LogP contribution in [0, 0.1) is 0 Å². The lowest BCUT2D eigenvalue weighted by molar-refractivity contribution is -0.114. The van der Waals surface area contributed by atoms with E-state index in [-0.39, 0.29) is 5.91 Å². The summed E-state index contributed by atoms with van der Waals surface area (Å²) in [5, 5.41) is 2.76. The lowest BCUT2D eigenvalue weighted by atomic mass is 10.1. The number of amides is 1. The largest absolute Gasteiger partial charge is 0.461 e. The molecule has 2 aromatic rings. The standard InChI is InChI=1S/C14H15NO2/c1-3-13-7-8-14(17-13)11-5-4-6-12(9-11)15-10(2)16/h4-9H,3H2,1-2H3,(H,15,16). The summed E-state index contributed by atoms with van der Waals surface area (Å²) in [6.07, 6.45) is 0.880. The number of hydrogen-bond acceptors (Lipinski definition) is 2. The summed E-state index contributed by atoms with van der Waals surface area (Å²) in [5.41, 5.74) is 1.75. The maximum atomic E-state index is 11.0. The minimum Gasteiger partial charge on any atom is -0.461 e. The Bertz CT molecular complexity index is 529. The predicted octanol–water partition coefficient (Wildman–Crippen LogP) is 3.47. The number of furan rings is 1. The quantitative estimate of drug-likeness (QED) is 0.875. The van der Waals surface area contributed by atoms with Crippen molar-refractivity contribution < 1.29 is 9.21 Å². The summed E-state index contributed by atoms with van der Waals surface area (Å²) in [7, 11) is 0. The zero-order chi connectivity index (χ0) is 12.3. The molecule has 0 aliphatic rings. The minimum absolute atomic E-state index is 0.0733. The average Bonchev–Trinajstić information content (AvgIpc) is 2.77. The zero-order valence-electron chi connectivity index (χ0n) is 9.99. The number of carbonyl (C=O) groups is 1. The number of aryl methyl sites for hydroxylation is 1. The number of carbonyl (C=O) groups excluding carboxylic acids is 1. The summed E-state index contributed by atoms with van der Waals surface area (Å²) in [6, 6.07) is 11.5. The van der Waals surface area contributed by atoms with Gasteiger partial charge in [-0.15, -0.1) is 0 Å². The van der Waals surface area contributed by atoms with Crippen molar-refractivity contribution in [1.82, 2.24) is 0 Å². The highest BCUT2D eigenvalue weighted by Gasteiger charge is 2.04. The van der Waals surface area contributed by atoms with Gasteiger partial charge in [-0.3, -0.25) is 4.79 Å². The third-order valence-corrected chi connectivity index (χ3v) is 2.48. The van der Waals surface area contributed by atoms with Gasteiger partial charge in [-0.1, -0.05) is 19.1 Å². The van der Waals surface area contributed by atoms with Crippen LogP contribution in [0.2, 0.25) is 0 Å². The van der Waals surface area contributed by atoms with Crippen molar-refractivity contribution in [2.75, 3.05) is 5.32 Å². The van der Waals surface area contributed by atoms with Crippen molar-refractivity contribution in [3.63, 3.8) is 0 Å². The van der Waals surface area contributed by atoms with Gasteiger partial charge in [0.05, 0.1) is 0 Å². The first-order valence-corrected chi connectivity index (χ1v) is 5.66. The minimum atomic E-state index is -0.0733. The van der Waals surface area contributed by atoms with Crippen molar-refractivity contribution in [2.45, 2.75) is 20.3 Å². The van der Waals surface area contributed by atoms with Gasteiger partial charge < -0.3 is 9.73 Å². The zero-order valence-corrected chi connectivity index (χ0v) is 9.99. The van der Waals surface area contributed by atoms with Crippen LogP contribution in [0.3, 0.4) is 0 Å². The molecule has 17 heavy (non-hydrogen) atoms. The summed E-state index contributed by atoms with van der Waals surface area (Å²) in [5.74, 6) is 1.72. The second-order valence-corrected chi connectivity index (χ2v) is 3.88. The van der Waals surface area contributed by atoms with Crippen molar-refractivity contribution >= 4 is 11.6 Å². The van der Waals surface area contributed by atoms with E-state index >= 15 is 0 Å². The molecule has 1 heterocycles. The molecule has 0 saturated carbocycles. The number of rotatable bonds is 3. The first kappa shape index (κ1) is 11.5. The van der Waals surface area contributed by atoms with Crippen LogP contribution in [0.25, 0.3) is 11.3 Å². The van der Waals surface area contributed by atoms with Crippen molar-refractivity contribution in [3.05, 3.63) is 42.2 Å². The maximum Gasteiger partial charge on any atom is 0.221 e. The Morgan fingerprint density at radius 3 is 2.76 bits per heavy atom. The summed E-state index contributed by atoms with van der Waals surface area (Å²) in [6.45, 7) is 3.55. The van der Waals surface area contributed by atoms with Crippen LogP contribution in [0.5, 0.6) is 0 Å². The molecule has 0 atom stereocenters. The van der Waals surface area contributed by atoms with Crippen LogP contribution >= 0.6 is 0 Å². The molecule has 2 rings (SSSR count). The Labute approximate surface area is 100 Å². The molecular formula is C14H15NO2. The van der Waals surface area contributed by atoms with Gasteiger partial charge in [0, 0.05) is 24.6 Å². The normalized spacial score (nSPS) is 10.2. The summed E-state index contributed by atoms with van der Waals surface area (Å²) in [4.78, 5) is 11.0. The average molecular weight is 229 g/mol. The SMILES string of the molecule is CCc1ccc(-c2cccc(NC(C)=O)c2)o1. The van der Waals surface area contributed by atoms with Gasteiger partial charge in [0.25, 0.3) is 0 Å². The molecule has 3 heteroatoms. The Hall–Kier alpha value is -2.03. The highest BCUT2D eigenvalue weighted by molar-refractivity contribution is 5.89. The molecular weight excluding hydrogens is 214 g/mol. The lowest BCUT2D eigenvalue weighted by Gasteiger charge is -2.03. The van der Waals surface area contributed by atoms with Crippen LogP contribution < -0.4 is 5.32 Å². The molecule has 1 aromatic heterocycles.